The lowest BCUT2D eigenvalue weighted by atomic mass is 10.3. The number of ether oxygens (including phenoxy) is 1. The molecule has 7 heteroatoms. The van der Waals surface area contributed by atoms with E-state index in [1.807, 2.05) is 12.1 Å². The molecule has 1 aromatic carbocycles. The molecular weight excluding hydrogens is 325 g/mol. The Balaban J connectivity index is 2.02. The number of aromatic amines is 1. The second kappa shape index (κ2) is 5.56. The molecule has 2 N–H and O–H groups in total. The highest BCUT2D eigenvalue weighted by Crippen LogP contribution is 2.32. The Morgan fingerprint density at radius 3 is 2.63 bits per heavy atom. The average molecular weight is 335 g/mol. The summed E-state index contributed by atoms with van der Waals surface area (Å²) in [7, 11) is 0. The lowest BCUT2D eigenvalue weighted by Gasteiger charge is -2.12. The summed E-state index contributed by atoms with van der Waals surface area (Å²) in [6.45, 7) is 0.554. The highest BCUT2D eigenvalue weighted by Gasteiger charge is 2.31. The first-order valence-corrected chi connectivity index (χ1v) is 6.15. The van der Waals surface area contributed by atoms with Gasteiger partial charge in [0.1, 0.15) is 5.75 Å². The van der Waals surface area contributed by atoms with Crippen LogP contribution < -0.4 is 10.1 Å². The standard InChI is InChI=1S/C12H10BrF3N2O/c13-10-6-8(18-7-9-2-1-5-17-9)3-4-11(10)19-12(14,15)16/h1-6,17-18H,7H2. The Bertz CT molecular complexity index is 540. The van der Waals surface area contributed by atoms with E-state index in [2.05, 4.69) is 31.0 Å². The van der Waals surface area contributed by atoms with E-state index in [9.17, 15) is 13.2 Å². The lowest BCUT2D eigenvalue weighted by molar-refractivity contribution is -0.274. The van der Waals surface area contributed by atoms with Gasteiger partial charge in [-0.05, 0) is 46.3 Å². The molecule has 0 amide bonds. The van der Waals surface area contributed by atoms with Crippen molar-refractivity contribution >= 4 is 21.6 Å². The van der Waals surface area contributed by atoms with Gasteiger partial charge in [0.15, 0.2) is 0 Å². The van der Waals surface area contributed by atoms with Gasteiger partial charge in [-0.3, -0.25) is 0 Å². The fourth-order valence-corrected chi connectivity index (χ4v) is 1.95. The van der Waals surface area contributed by atoms with Gasteiger partial charge < -0.3 is 15.0 Å². The highest BCUT2D eigenvalue weighted by molar-refractivity contribution is 9.10. The first-order valence-electron chi connectivity index (χ1n) is 5.35. The van der Waals surface area contributed by atoms with Crippen LogP contribution in [-0.4, -0.2) is 11.3 Å². The van der Waals surface area contributed by atoms with Gasteiger partial charge in [-0.25, -0.2) is 0 Å². The summed E-state index contributed by atoms with van der Waals surface area (Å²) < 4.78 is 40.4. The third kappa shape index (κ3) is 4.20. The van der Waals surface area contributed by atoms with E-state index in [1.54, 1.807) is 6.20 Å². The zero-order valence-corrected chi connectivity index (χ0v) is 11.2. The summed E-state index contributed by atoms with van der Waals surface area (Å²) in [4.78, 5) is 3.02. The summed E-state index contributed by atoms with van der Waals surface area (Å²) in [5.41, 5.74) is 1.67. The molecule has 0 fully saturated rings. The van der Waals surface area contributed by atoms with Crippen LogP contribution in [0.2, 0.25) is 0 Å². The van der Waals surface area contributed by atoms with Crippen molar-refractivity contribution in [3.8, 4) is 5.75 Å². The van der Waals surface area contributed by atoms with Crippen LogP contribution in [0.3, 0.4) is 0 Å². The predicted molar refractivity (Wildman–Crippen MR) is 68.9 cm³/mol. The molecule has 2 aromatic rings. The van der Waals surface area contributed by atoms with Gasteiger partial charge in [0, 0.05) is 17.6 Å². The minimum atomic E-state index is -4.69. The molecule has 0 aliphatic rings. The molecular formula is C12H10BrF3N2O. The molecule has 0 unspecified atom stereocenters. The number of halogens is 4. The number of nitrogens with one attached hydrogen (secondary N) is 2. The van der Waals surface area contributed by atoms with Gasteiger partial charge in [-0.1, -0.05) is 0 Å². The van der Waals surface area contributed by atoms with Crippen LogP contribution in [0, 0.1) is 0 Å². The molecule has 0 radical (unpaired) electrons. The zero-order valence-electron chi connectivity index (χ0n) is 9.59. The molecule has 0 aliphatic carbocycles. The van der Waals surface area contributed by atoms with E-state index in [0.29, 0.717) is 12.2 Å². The van der Waals surface area contributed by atoms with Crippen molar-refractivity contribution in [2.24, 2.45) is 0 Å². The molecule has 0 spiro atoms. The average Bonchev–Trinajstić information content (AvgIpc) is 2.81. The summed E-state index contributed by atoms with van der Waals surface area (Å²) >= 11 is 3.05. The number of hydrogen-bond donors (Lipinski definition) is 2. The second-order valence-electron chi connectivity index (χ2n) is 3.74. The molecule has 0 saturated heterocycles. The molecule has 2 rings (SSSR count). The van der Waals surface area contributed by atoms with Gasteiger partial charge in [0.05, 0.1) is 11.0 Å². The van der Waals surface area contributed by atoms with Crippen LogP contribution in [-0.2, 0) is 6.54 Å². The minimum Gasteiger partial charge on any atom is -0.405 e. The molecule has 0 aliphatic heterocycles. The number of anilines is 1. The zero-order chi connectivity index (χ0) is 13.9. The normalized spacial score (nSPS) is 11.4. The molecule has 0 bridgehead atoms. The van der Waals surface area contributed by atoms with Crippen LogP contribution in [0.4, 0.5) is 18.9 Å². The molecule has 102 valence electrons. The molecule has 3 nitrogen and oxygen atoms in total. The van der Waals surface area contributed by atoms with E-state index in [4.69, 9.17) is 0 Å². The van der Waals surface area contributed by atoms with Gasteiger partial charge in [0.25, 0.3) is 0 Å². The van der Waals surface area contributed by atoms with E-state index in [0.717, 1.165) is 5.69 Å². The summed E-state index contributed by atoms with van der Waals surface area (Å²) in [6, 6.07) is 8.09. The van der Waals surface area contributed by atoms with Crippen molar-refractivity contribution in [1.82, 2.24) is 4.98 Å². The molecule has 19 heavy (non-hydrogen) atoms. The second-order valence-corrected chi connectivity index (χ2v) is 4.60. The largest absolute Gasteiger partial charge is 0.573 e. The Hall–Kier alpha value is -1.63. The first-order chi connectivity index (χ1) is 8.94. The summed E-state index contributed by atoms with van der Waals surface area (Å²) in [6.07, 6.45) is -2.89. The maximum Gasteiger partial charge on any atom is 0.573 e. The van der Waals surface area contributed by atoms with Gasteiger partial charge in [0.2, 0.25) is 0 Å². The number of hydrogen-bond acceptors (Lipinski definition) is 2. The number of H-pyrrole nitrogens is 1. The fourth-order valence-electron chi connectivity index (χ4n) is 1.49. The van der Waals surface area contributed by atoms with E-state index >= 15 is 0 Å². The topological polar surface area (TPSA) is 37.0 Å². The Labute approximate surface area is 115 Å². The number of rotatable bonds is 4. The van der Waals surface area contributed by atoms with Crippen LogP contribution >= 0.6 is 15.9 Å². The monoisotopic (exact) mass is 334 g/mol. The van der Waals surface area contributed by atoms with Gasteiger partial charge in [-0.2, -0.15) is 0 Å². The van der Waals surface area contributed by atoms with Crippen molar-refractivity contribution in [2.75, 3.05) is 5.32 Å². The molecule has 0 atom stereocenters. The third-order valence-electron chi connectivity index (χ3n) is 2.30. The van der Waals surface area contributed by atoms with Crippen molar-refractivity contribution in [3.63, 3.8) is 0 Å². The number of aromatic nitrogens is 1. The lowest BCUT2D eigenvalue weighted by Crippen LogP contribution is -2.17. The van der Waals surface area contributed by atoms with Crippen molar-refractivity contribution in [1.29, 1.82) is 0 Å². The van der Waals surface area contributed by atoms with E-state index < -0.39 is 6.36 Å². The van der Waals surface area contributed by atoms with Crippen molar-refractivity contribution < 1.29 is 17.9 Å². The van der Waals surface area contributed by atoms with Crippen LogP contribution in [0.5, 0.6) is 5.75 Å². The minimum absolute atomic E-state index is 0.237. The maximum atomic E-state index is 12.1. The third-order valence-corrected chi connectivity index (χ3v) is 2.92. The van der Waals surface area contributed by atoms with Crippen molar-refractivity contribution in [2.45, 2.75) is 12.9 Å². The van der Waals surface area contributed by atoms with Crippen LogP contribution in [0.15, 0.2) is 41.0 Å². The summed E-state index contributed by atoms with van der Waals surface area (Å²) in [5, 5.41) is 3.08. The molecule has 1 aromatic heterocycles. The fraction of sp³-hybridized carbons (Fsp3) is 0.167. The van der Waals surface area contributed by atoms with Crippen LogP contribution in [0.25, 0.3) is 0 Å². The van der Waals surface area contributed by atoms with Gasteiger partial charge >= 0.3 is 6.36 Å². The van der Waals surface area contributed by atoms with Gasteiger partial charge in [-0.15, -0.1) is 13.2 Å². The van der Waals surface area contributed by atoms with Crippen molar-refractivity contribution in [3.05, 3.63) is 46.7 Å². The maximum absolute atomic E-state index is 12.1. The Morgan fingerprint density at radius 2 is 2.05 bits per heavy atom. The molecule has 0 saturated carbocycles. The van der Waals surface area contributed by atoms with E-state index in [1.165, 1.54) is 18.2 Å². The quantitative estimate of drug-likeness (QED) is 0.875. The Morgan fingerprint density at radius 1 is 1.26 bits per heavy atom. The highest BCUT2D eigenvalue weighted by atomic mass is 79.9. The number of benzene rings is 1. The Kier molecular flexibility index (Phi) is 4.04. The summed E-state index contributed by atoms with van der Waals surface area (Å²) in [5.74, 6) is -0.266. The van der Waals surface area contributed by atoms with Crippen LogP contribution in [0.1, 0.15) is 5.69 Å². The van der Waals surface area contributed by atoms with E-state index in [-0.39, 0.29) is 10.2 Å². The first kappa shape index (κ1) is 13.8. The molecule has 1 heterocycles. The smallest absolute Gasteiger partial charge is 0.405 e. The number of alkyl halides is 3. The SMILES string of the molecule is FC(F)(F)Oc1ccc(NCc2ccc[nH]2)cc1Br. The predicted octanol–water partition coefficient (Wildman–Crippen LogP) is 4.29.